The van der Waals surface area contributed by atoms with Gasteiger partial charge in [-0.3, -0.25) is 0 Å². The molecular formula is C26H29NO4. The number of benzene rings is 3. The van der Waals surface area contributed by atoms with Gasteiger partial charge in [-0.25, -0.2) is 0 Å². The van der Waals surface area contributed by atoms with Gasteiger partial charge in [0, 0.05) is 6.42 Å². The first-order valence-corrected chi connectivity index (χ1v) is 10.8. The molecule has 0 radical (unpaired) electrons. The van der Waals surface area contributed by atoms with Crippen LogP contribution in [-0.2, 0) is 16.1 Å². The summed E-state index contributed by atoms with van der Waals surface area (Å²) in [4.78, 5) is 0. The summed E-state index contributed by atoms with van der Waals surface area (Å²) in [5.41, 5.74) is 9.58. The standard InChI is InChI=1S/C26H29NO4/c27-26(21-8-2-1-3-9-21)22-10-5-12-24(18-22)31-19-20-7-4-11-23(17-20)28-14-6-13-25-29-15-16-30-25/h1-5,7-12,17-18,25-26H,6,13-16,19,27H2. The van der Waals surface area contributed by atoms with E-state index in [1.54, 1.807) is 0 Å². The third-order valence-electron chi connectivity index (χ3n) is 5.22. The van der Waals surface area contributed by atoms with Gasteiger partial charge in [0.1, 0.15) is 18.1 Å². The Morgan fingerprint density at radius 1 is 0.806 bits per heavy atom. The fourth-order valence-corrected chi connectivity index (χ4v) is 3.56. The van der Waals surface area contributed by atoms with E-state index in [2.05, 4.69) is 0 Å². The lowest BCUT2D eigenvalue weighted by molar-refractivity contribution is -0.0493. The molecule has 31 heavy (non-hydrogen) atoms. The average Bonchev–Trinajstić information content (AvgIpc) is 3.35. The molecule has 3 aromatic carbocycles. The highest BCUT2D eigenvalue weighted by Crippen LogP contribution is 2.24. The van der Waals surface area contributed by atoms with Gasteiger partial charge in [0.05, 0.1) is 25.9 Å². The Morgan fingerprint density at radius 3 is 2.32 bits per heavy atom. The molecule has 1 fully saturated rings. The van der Waals surface area contributed by atoms with Crippen molar-refractivity contribution in [1.29, 1.82) is 0 Å². The predicted molar refractivity (Wildman–Crippen MR) is 120 cm³/mol. The summed E-state index contributed by atoms with van der Waals surface area (Å²) in [6.07, 6.45) is 1.67. The van der Waals surface area contributed by atoms with Gasteiger partial charge in [-0.15, -0.1) is 0 Å². The number of ether oxygens (including phenoxy) is 4. The van der Waals surface area contributed by atoms with Gasteiger partial charge < -0.3 is 24.7 Å². The molecule has 0 saturated carbocycles. The number of rotatable bonds is 10. The molecule has 1 aliphatic rings. The van der Waals surface area contributed by atoms with E-state index in [1.165, 1.54) is 0 Å². The number of hydrogen-bond acceptors (Lipinski definition) is 5. The molecule has 5 nitrogen and oxygen atoms in total. The zero-order chi connectivity index (χ0) is 21.3. The van der Waals surface area contributed by atoms with Crippen molar-refractivity contribution in [3.8, 4) is 11.5 Å². The zero-order valence-corrected chi connectivity index (χ0v) is 17.6. The van der Waals surface area contributed by atoms with Crippen LogP contribution in [0.3, 0.4) is 0 Å². The molecule has 1 atom stereocenters. The molecule has 4 rings (SSSR count). The summed E-state index contributed by atoms with van der Waals surface area (Å²) in [5.74, 6) is 1.64. The van der Waals surface area contributed by atoms with Crippen LogP contribution < -0.4 is 15.2 Å². The zero-order valence-electron chi connectivity index (χ0n) is 17.6. The molecule has 162 valence electrons. The maximum absolute atomic E-state index is 6.42. The fraction of sp³-hybridized carbons (Fsp3) is 0.308. The minimum absolute atomic E-state index is 0.0749. The van der Waals surface area contributed by atoms with E-state index >= 15 is 0 Å². The normalized spacial score (nSPS) is 15.0. The Bertz CT molecular complexity index is 941. The monoisotopic (exact) mass is 419 g/mol. The highest BCUT2D eigenvalue weighted by Gasteiger charge is 2.15. The molecular weight excluding hydrogens is 390 g/mol. The van der Waals surface area contributed by atoms with Crippen molar-refractivity contribution in [2.75, 3.05) is 19.8 Å². The van der Waals surface area contributed by atoms with E-state index < -0.39 is 0 Å². The van der Waals surface area contributed by atoms with Crippen LogP contribution in [0.25, 0.3) is 0 Å². The molecule has 0 amide bonds. The van der Waals surface area contributed by atoms with Gasteiger partial charge in [0.2, 0.25) is 0 Å². The second-order valence-electron chi connectivity index (χ2n) is 7.56. The van der Waals surface area contributed by atoms with E-state index in [-0.39, 0.29) is 12.3 Å². The van der Waals surface area contributed by atoms with E-state index in [4.69, 9.17) is 24.7 Å². The lowest BCUT2D eigenvalue weighted by atomic mass is 10.00. The Labute approximate surface area is 183 Å². The van der Waals surface area contributed by atoms with Crippen molar-refractivity contribution in [1.82, 2.24) is 0 Å². The van der Waals surface area contributed by atoms with Gasteiger partial charge in [-0.2, -0.15) is 0 Å². The Balaban J connectivity index is 1.28. The molecule has 1 saturated heterocycles. The highest BCUT2D eigenvalue weighted by molar-refractivity contribution is 5.36. The lowest BCUT2D eigenvalue weighted by Gasteiger charge is -2.14. The number of nitrogens with two attached hydrogens (primary N) is 1. The van der Waals surface area contributed by atoms with Gasteiger partial charge >= 0.3 is 0 Å². The van der Waals surface area contributed by atoms with Crippen molar-refractivity contribution < 1.29 is 18.9 Å². The minimum atomic E-state index is -0.179. The second-order valence-corrected chi connectivity index (χ2v) is 7.56. The quantitative estimate of drug-likeness (QED) is 0.476. The Kier molecular flexibility index (Phi) is 7.56. The van der Waals surface area contributed by atoms with E-state index in [9.17, 15) is 0 Å². The first kappa shape index (κ1) is 21.4. The van der Waals surface area contributed by atoms with Crippen LogP contribution in [-0.4, -0.2) is 26.1 Å². The summed E-state index contributed by atoms with van der Waals surface area (Å²) in [5, 5.41) is 0. The van der Waals surface area contributed by atoms with E-state index in [0.29, 0.717) is 26.4 Å². The van der Waals surface area contributed by atoms with Crippen molar-refractivity contribution >= 4 is 0 Å². The summed E-state index contributed by atoms with van der Waals surface area (Å²) in [6, 6.07) is 25.9. The molecule has 0 spiro atoms. The molecule has 2 N–H and O–H groups in total. The topological polar surface area (TPSA) is 62.9 Å². The summed E-state index contributed by atoms with van der Waals surface area (Å²) >= 11 is 0. The van der Waals surface area contributed by atoms with Crippen molar-refractivity contribution in [3.63, 3.8) is 0 Å². The molecule has 0 aliphatic carbocycles. The predicted octanol–water partition coefficient (Wildman–Crippen LogP) is 4.85. The number of hydrogen-bond donors (Lipinski definition) is 1. The molecule has 1 aliphatic heterocycles. The molecule has 5 heteroatoms. The van der Waals surface area contributed by atoms with Crippen molar-refractivity contribution in [2.24, 2.45) is 5.73 Å². The van der Waals surface area contributed by atoms with Crippen LogP contribution in [0.1, 0.15) is 35.6 Å². The minimum Gasteiger partial charge on any atom is -0.494 e. The van der Waals surface area contributed by atoms with Crippen molar-refractivity contribution in [3.05, 3.63) is 95.6 Å². The van der Waals surface area contributed by atoms with Crippen LogP contribution >= 0.6 is 0 Å². The maximum atomic E-state index is 6.42. The largest absolute Gasteiger partial charge is 0.494 e. The lowest BCUT2D eigenvalue weighted by Crippen LogP contribution is -2.11. The summed E-state index contributed by atoms with van der Waals surface area (Å²) in [6.45, 7) is 2.47. The fourth-order valence-electron chi connectivity index (χ4n) is 3.56. The molecule has 3 aromatic rings. The van der Waals surface area contributed by atoms with Gasteiger partial charge in [-0.05, 0) is 47.4 Å². The molecule has 1 heterocycles. The van der Waals surface area contributed by atoms with E-state index in [0.717, 1.165) is 41.0 Å². The highest BCUT2D eigenvalue weighted by atomic mass is 16.7. The van der Waals surface area contributed by atoms with Crippen LogP contribution in [0.15, 0.2) is 78.9 Å². The first-order chi connectivity index (χ1) is 15.3. The Hall–Kier alpha value is -2.86. The third-order valence-corrected chi connectivity index (χ3v) is 5.22. The third kappa shape index (κ3) is 6.31. The SMILES string of the molecule is NC(c1ccccc1)c1cccc(OCc2cccc(OCCCC3OCCO3)c2)c1. The summed E-state index contributed by atoms with van der Waals surface area (Å²) in [7, 11) is 0. The van der Waals surface area contributed by atoms with Crippen LogP contribution in [0.4, 0.5) is 0 Å². The smallest absolute Gasteiger partial charge is 0.157 e. The van der Waals surface area contributed by atoms with Gasteiger partial charge in [-0.1, -0.05) is 54.6 Å². The van der Waals surface area contributed by atoms with Crippen molar-refractivity contribution in [2.45, 2.75) is 31.8 Å². The van der Waals surface area contributed by atoms with Crippen LogP contribution in [0.5, 0.6) is 11.5 Å². The molecule has 0 aromatic heterocycles. The Morgan fingerprint density at radius 2 is 1.52 bits per heavy atom. The second kappa shape index (κ2) is 11.0. The molecule has 0 bridgehead atoms. The van der Waals surface area contributed by atoms with Gasteiger partial charge in [0.25, 0.3) is 0 Å². The molecule has 1 unspecified atom stereocenters. The van der Waals surface area contributed by atoms with Crippen LogP contribution in [0, 0.1) is 0 Å². The maximum Gasteiger partial charge on any atom is 0.157 e. The van der Waals surface area contributed by atoms with Crippen LogP contribution in [0.2, 0.25) is 0 Å². The summed E-state index contributed by atoms with van der Waals surface area (Å²) < 4.78 is 22.8. The van der Waals surface area contributed by atoms with Gasteiger partial charge in [0.15, 0.2) is 6.29 Å². The average molecular weight is 420 g/mol. The first-order valence-electron chi connectivity index (χ1n) is 10.8. The van der Waals surface area contributed by atoms with E-state index in [1.807, 2.05) is 78.9 Å².